The number of hydrogen-bond acceptors (Lipinski definition) is 5. The van der Waals surface area contributed by atoms with Crippen LogP contribution in [0.1, 0.15) is 73.5 Å². The van der Waals surface area contributed by atoms with E-state index in [2.05, 4.69) is 20.1 Å². The predicted octanol–water partition coefficient (Wildman–Crippen LogP) is 2.50. The van der Waals surface area contributed by atoms with E-state index in [9.17, 15) is 4.79 Å². The highest BCUT2D eigenvalue weighted by Gasteiger charge is 2.29. The predicted molar refractivity (Wildman–Crippen MR) is 84.2 cm³/mol. The molecule has 2 aromatic heterocycles. The molecule has 7 nitrogen and oxygen atoms in total. The largest absolute Gasteiger partial charge is 0.339 e. The topological polar surface area (TPSA) is 87.9 Å². The standard InChI is InChI=1S/C16H23N5O2/c1-4-13-19-15(20-23-13)11-6-5-7-21(9-11)16(22)12-8-17-14(18-12)10(2)3/h8,10-11H,4-7,9H2,1-3H3,(H,17,18)/t11-/m1/s1. The number of aryl methyl sites for hydroxylation is 1. The maximum absolute atomic E-state index is 12.7. The number of aromatic amines is 1. The van der Waals surface area contributed by atoms with Crippen molar-refractivity contribution >= 4 is 5.91 Å². The van der Waals surface area contributed by atoms with Gasteiger partial charge in [0.05, 0.1) is 6.20 Å². The van der Waals surface area contributed by atoms with Gasteiger partial charge in [0.25, 0.3) is 5.91 Å². The molecule has 1 aliphatic heterocycles. The van der Waals surface area contributed by atoms with Gasteiger partial charge in [-0.25, -0.2) is 4.98 Å². The van der Waals surface area contributed by atoms with E-state index in [4.69, 9.17) is 4.52 Å². The van der Waals surface area contributed by atoms with Gasteiger partial charge in [-0.05, 0) is 12.8 Å². The van der Waals surface area contributed by atoms with Crippen molar-refractivity contribution in [2.75, 3.05) is 13.1 Å². The third kappa shape index (κ3) is 3.28. The number of hydrogen-bond donors (Lipinski definition) is 1. The summed E-state index contributed by atoms with van der Waals surface area (Å²) in [5.41, 5.74) is 0.553. The van der Waals surface area contributed by atoms with Crippen molar-refractivity contribution in [3.8, 4) is 0 Å². The summed E-state index contributed by atoms with van der Waals surface area (Å²) in [4.78, 5) is 26.3. The fourth-order valence-electron chi connectivity index (χ4n) is 2.86. The van der Waals surface area contributed by atoms with Gasteiger partial charge in [0.1, 0.15) is 11.5 Å². The number of nitrogens with zero attached hydrogens (tertiary/aromatic N) is 4. The number of carbonyl (C=O) groups is 1. The molecule has 0 radical (unpaired) electrons. The van der Waals surface area contributed by atoms with Crippen LogP contribution in [0.2, 0.25) is 0 Å². The molecule has 0 aliphatic carbocycles. The number of H-pyrrole nitrogens is 1. The SMILES string of the molecule is CCc1nc([C@@H]2CCCN(C(=O)c3cnc(C(C)C)[nH]3)C2)no1. The molecule has 0 saturated carbocycles. The first-order valence-electron chi connectivity index (χ1n) is 8.25. The molecule has 0 bridgehead atoms. The van der Waals surface area contributed by atoms with Gasteiger partial charge in [-0.2, -0.15) is 4.98 Å². The average molecular weight is 317 g/mol. The van der Waals surface area contributed by atoms with E-state index >= 15 is 0 Å². The molecule has 1 amide bonds. The Morgan fingerprint density at radius 1 is 1.52 bits per heavy atom. The lowest BCUT2D eigenvalue weighted by Crippen LogP contribution is -2.39. The quantitative estimate of drug-likeness (QED) is 0.936. The first-order valence-corrected chi connectivity index (χ1v) is 8.25. The minimum atomic E-state index is -0.00619. The molecular formula is C16H23N5O2. The Hall–Kier alpha value is -2.18. The molecule has 1 atom stereocenters. The molecule has 0 unspecified atom stereocenters. The minimum absolute atomic E-state index is 0.00619. The molecule has 0 aromatic carbocycles. The summed E-state index contributed by atoms with van der Waals surface area (Å²) in [6, 6.07) is 0. The summed E-state index contributed by atoms with van der Waals surface area (Å²) in [6.45, 7) is 7.46. The number of amides is 1. The molecule has 0 spiro atoms. The van der Waals surface area contributed by atoms with Crippen LogP contribution in [-0.2, 0) is 6.42 Å². The van der Waals surface area contributed by atoms with E-state index in [-0.39, 0.29) is 17.7 Å². The number of imidazole rings is 1. The van der Waals surface area contributed by atoms with E-state index in [1.807, 2.05) is 25.7 Å². The Morgan fingerprint density at radius 2 is 2.35 bits per heavy atom. The fourth-order valence-corrected chi connectivity index (χ4v) is 2.86. The molecular weight excluding hydrogens is 294 g/mol. The maximum Gasteiger partial charge on any atom is 0.271 e. The van der Waals surface area contributed by atoms with Crippen LogP contribution < -0.4 is 0 Å². The van der Waals surface area contributed by atoms with Crippen LogP contribution in [0.25, 0.3) is 0 Å². The van der Waals surface area contributed by atoms with Crippen molar-refractivity contribution in [3.05, 3.63) is 29.4 Å². The highest BCUT2D eigenvalue weighted by Crippen LogP contribution is 2.26. The summed E-state index contributed by atoms with van der Waals surface area (Å²) >= 11 is 0. The molecule has 2 aromatic rings. The summed E-state index contributed by atoms with van der Waals surface area (Å²) in [5.74, 6) is 2.62. The van der Waals surface area contributed by atoms with Crippen molar-refractivity contribution in [3.63, 3.8) is 0 Å². The van der Waals surface area contributed by atoms with E-state index < -0.39 is 0 Å². The molecule has 3 heterocycles. The van der Waals surface area contributed by atoms with E-state index in [0.29, 0.717) is 24.0 Å². The van der Waals surface area contributed by atoms with E-state index in [1.54, 1.807) is 6.20 Å². The number of likely N-dealkylation sites (tertiary alicyclic amines) is 1. The van der Waals surface area contributed by atoms with E-state index in [0.717, 1.165) is 31.6 Å². The molecule has 1 aliphatic rings. The number of rotatable bonds is 4. The molecule has 1 fully saturated rings. The molecule has 1 N–H and O–H groups in total. The zero-order chi connectivity index (χ0) is 16.4. The van der Waals surface area contributed by atoms with Crippen LogP contribution in [-0.4, -0.2) is 44.0 Å². The first-order chi connectivity index (χ1) is 11.1. The second-order valence-electron chi connectivity index (χ2n) is 6.33. The third-order valence-corrected chi connectivity index (χ3v) is 4.23. The second kappa shape index (κ2) is 6.52. The van der Waals surface area contributed by atoms with Crippen molar-refractivity contribution in [2.24, 2.45) is 0 Å². The van der Waals surface area contributed by atoms with Crippen LogP contribution in [0.5, 0.6) is 0 Å². The van der Waals surface area contributed by atoms with Crippen molar-refractivity contribution in [2.45, 2.75) is 51.9 Å². The van der Waals surface area contributed by atoms with Gasteiger partial charge in [0, 0.05) is 31.3 Å². The molecule has 1 saturated heterocycles. The maximum atomic E-state index is 12.7. The zero-order valence-electron chi connectivity index (χ0n) is 13.9. The van der Waals surface area contributed by atoms with Crippen LogP contribution in [0.4, 0.5) is 0 Å². The average Bonchev–Trinajstić information content (AvgIpc) is 3.23. The molecule has 7 heteroatoms. The van der Waals surface area contributed by atoms with Gasteiger partial charge >= 0.3 is 0 Å². The lowest BCUT2D eigenvalue weighted by Gasteiger charge is -2.30. The number of aromatic nitrogens is 4. The Labute approximate surface area is 135 Å². The Kier molecular flexibility index (Phi) is 4.45. The lowest BCUT2D eigenvalue weighted by atomic mass is 9.97. The van der Waals surface area contributed by atoms with Gasteiger partial charge < -0.3 is 14.4 Å². The monoisotopic (exact) mass is 317 g/mol. The summed E-state index contributed by atoms with van der Waals surface area (Å²) in [5, 5.41) is 4.06. The van der Waals surface area contributed by atoms with Gasteiger partial charge in [0.15, 0.2) is 5.82 Å². The first kappa shape index (κ1) is 15.7. The Balaban J connectivity index is 1.70. The van der Waals surface area contributed by atoms with Crippen molar-refractivity contribution < 1.29 is 9.32 Å². The number of carbonyl (C=O) groups excluding carboxylic acids is 1. The molecule has 23 heavy (non-hydrogen) atoms. The third-order valence-electron chi connectivity index (χ3n) is 4.23. The van der Waals surface area contributed by atoms with Crippen molar-refractivity contribution in [1.29, 1.82) is 0 Å². The highest BCUT2D eigenvalue weighted by atomic mass is 16.5. The number of nitrogens with one attached hydrogen (secondary N) is 1. The lowest BCUT2D eigenvalue weighted by molar-refractivity contribution is 0.0698. The molecule has 124 valence electrons. The Morgan fingerprint density at radius 3 is 3.00 bits per heavy atom. The summed E-state index contributed by atoms with van der Waals surface area (Å²) in [6.07, 6.45) is 4.28. The van der Waals surface area contributed by atoms with Crippen LogP contribution >= 0.6 is 0 Å². The molecule has 3 rings (SSSR count). The van der Waals surface area contributed by atoms with Crippen LogP contribution in [0, 0.1) is 0 Å². The van der Waals surface area contributed by atoms with Crippen LogP contribution in [0.15, 0.2) is 10.7 Å². The summed E-state index contributed by atoms with van der Waals surface area (Å²) < 4.78 is 5.20. The summed E-state index contributed by atoms with van der Waals surface area (Å²) in [7, 11) is 0. The normalized spacial score (nSPS) is 18.6. The second-order valence-corrected chi connectivity index (χ2v) is 6.33. The zero-order valence-corrected chi connectivity index (χ0v) is 13.9. The minimum Gasteiger partial charge on any atom is -0.339 e. The van der Waals surface area contributed by atoms with Crippen LogP contribution in [0.3, 0.4) is 0 Å². The van der Waals surface area contributed by atoms with Gasteiger partial charge in [-0.15, -0.1) is 0 Å². The highest BCUT2D eigenvalue weighted by molar-refractivity contribution is 5.92. The fraction of sp³-hybridized carbons (Fsp3) is 0.625. The Bertz CT molecular complexity index is 676. The van der Waals surface area contributed by atoms with Crippen molar-refractivity contribution in [1.82, 2.24) is 25.0 Å². The van der Waals surface area contributed by atoms with Gasteiger partial charge in [-0.1, -0.05) is 25.9 Å². The van der Waals surface area contributed by atoms with Gasteiger partial charge in [-0.3, -0.25) is 4.79 Å². The van der Waals surface area contributed by atoms with Gasteiger partial charge in [0.2, 0.25) is 5.89 Å². The smallest absolute Gasteiger partial charge is 0.271 e. The van der Waals surface area contributed by atoms with E-state index in [1.165, 1.54) is 0 Å². The number of piperidine rings is 1.